The Balaban J connectivity index is 1.61. The number of fused-ring (bicyclic) bond motifs is 1. The topological polar surface area (TPSA) is 79.3 Å². The summed E-state index contributed by atoms with van der Waals surface area (Å²) in [7, 11) is 0. The largest absolute Gasteiger partial charge is 0.444 e. The normalized spacial score (nSPS) is 24.6. The number of nitriles is 1. The average Bonchev–Trinajstić information content (AvgIpc) is 2.80. The monoisotopic (exact) mass is 481 g/mol. The van der Waals surface area contributed by atoms with Crippen LogP contribution in [0.15, 0.2) is 71.3 Å². The zero-order valence-corrected chi connectivity index (χ0v) is 21.9. The zero-order valence-electron chi connectivity index (χ0n) is 21.9. The molecule has 0 saturated carbocycles. The van der Waals surface area contributed by atoms with Crippen LogP contribution in [0.5, 0.6) is 0 Å². The summed E-state index contributed by atoms with van der Waals surface area (Å²) >= 11 is 0. The average molecular weight is 482 g/mol. The van der Waals surface area contributed by atoms with Crippen LogP contribution in [0.2, 0.25) is 0 Å². The Hall–Kier alpha value is -3.52. The SMILES string of the molecule is C[C@H]1CC(C)(C)N(Cc2ccccc2)c2ccc([C@H]3C(C#N)=C(N)OC4=C3C(=O)CC(C)(C)C4)cc21. The lowest BCUT2D eigenvalue weighted by Crippen LogP contribution is -2.47. The van der Waals surface area contributed by atoms with Gasteiger partial charge in [-0.05, 0) is 54.4 Å². The van der Waals surface area contributed by atoms with Crippen molar-refractivity contribution >= 4 is 11.5 Å². The summed E-state index contributed by atoms with van der Waals surface area (Å²) in [5.41, 5.74) is 11.6. The summed E-state index contributed by atoms with van der Waals surface area (Å²) < 4.78 is 5.88. The molecule has 2 atom stereocenters. The summed E-state index contributed by atoms with van der Waals surface area (Å²) in [6.45, 7) is 11.8. The number of carbonyl (C=O) groups excluding carboxylic acids is 1. The quantitative estimate of drug-likeness (QED) is 0.546. The molecule has 0 amide bonds. The van der Waals surface area contributed by atoms with E-state index in [0.717, 1.165) is 18.5 Å². The van der Waals surface area contributed by atoms with Gasteiger partial charge < -0.3 is 15.4 Å². The third-order valence-electron chi connectivity index (χ3n) is 8.00. The van der Waals surface area contributed by atoms with E-state index in [4.69, 9.17) is 10.5 Å². The van der Waals surface area contributed by atoms with Crippen LogP contribution in [0, 0.1) is 16.7 Å². The van der Waals surface area contributed by atoms with Crippen LogP contribution in [0.4, 0.5) is 5.69 Å². The number of ketones is 1. The fourth-order valence-corrected chi connectivity index (χ4v) is 6.37. The minimum absolute atomic E-state index is 0.00872. The van der Waals surface area contributed by atoms with Crippen LogP contribution >= 0.6 is 0 Å². The second kappa shape index (κ2) is 8.55. The first-order chi connectivity index (χ1) is 17.0. The van der Waals surface area contributed by atoms with E-state index >= 15 is 0 Å². The summed E-state index contributed by atoms with van der Waals surface area (Å²) in [5.74, 6) is 0.629. The predicted molar refractivity (Wildman–Crippen MR) is 142 cm³/mol. The molecular weight excluding hydrogens is 446 g/mol. The molecule has 2 heterocycles. The van der Waals surface area contributed by atoms with E-state index in [1.165, 1.54) is 16.8 Å². The van der Waals surface area contributed by atoms with Gasteiger partial charge in [-0.2, -0.15) is 5.26 Å². The van der Waals surface area contributed by atoms with Crippen molar-refractivity contribution < 1.29 is 9.53 Å². The maximum Gasteiger partial charge on any atom is 0.205 e. The number of allylic oxidation sites excluding steroid dienone is 3. The smallest absolute Gasteiger partial charge is 0.205 e. The maximum absolute atomic E-state index is 13.4. The molecule has 36 heavy (non-hydrogen) atoms. The van der Waals surface area contributed by atoms with E-state index in [0.29, 0.717) is 35.7 Å². The molecule has 2 aromatic carbocycles. The van der Waals surface area contributed by atoms with Crippen molar-refractivity contribution in [1.29, 1.82) is 5.26 Å². The first-order valence-electron chi connectivity index (χ1n) is 12.8. The van der Waals surface area contributed by atoms with Crippen molar-refractivity contribution in [2.24, 2.45) is 11.1 Å². The second-order valence-electron chi connectivity index (χ2n) is 12.0. The highest BCUT2D eigenvalue weighted by molar-refractivity contribution is 6.00. The van der Waals surface area contributed by atoms with E-state index in [-0.39, 0.29) is 22.6 Å². The van der Waals surface area contributed by atoms with Crippen LogP contribution in [0.3, 0.4) is 0 Å². The van der Waals surface area contributed by atoms with E-state index in [1.54, 1.807) is 0 Å². The molecule has 5 nitrogen and oxygen atoms in total. The molecule has 186 valence electrons. The molecule has 2 N–H and O–H groups in total. The lowest BCUT2D eigenvalue weighted by molar-refractivity contribution is -0.119. The molecule has 0 unspecified atom stereocenters. The van der Waals surface area contributed by atoms with Crippen LogP contribution < -0.4 is 10.6 Å². The predicted octanol–water partition coefficient (Wildman–Crippen LogP) is 6.43. The van der Waals surface area contributed by atoms with Crippen LogP contribution in [0.25, 0.3) is 0 Å². The van der Waals surface area contributed by atoms with Crippen molar-refractivity contribution in [2.45, 2.75) is 77.8 Å². The van der Waals surface area contributed by atoms with Gasteiger partial charge in [-0.15, -0.1) is 0 Å². The molecule has 0 fully saturated rings. The molecule has 5 heteroatoms. The first-order valence-corrected chi connectivity index (χ1v) is 12.8. The van der Waals surface area contributed by atoms with Crippen LogP contribution in [-0.2, 0) is 16.1 Å². The highest BCUT2D eigenvalue weighted by Gasteiger charge is 2.44. The second-order valence-corrected chi connectivity index (χ2v) is 12.0. The van der Waals surface area contributed by atoms with Crippen molar-refractivity contribution in [2.75, 3.05) is 4.90 Å². The summed E-state index contributed by atoms with van der Waals surface area (Å²) in [5, 5.41) is 10.0. The number of nitrogens with zero attached hydrogens (tertiary/aromatic N) is 2. The maximum atomic E-state index is 13.4. The van der Waals surface area contributed by atoms with Gasteiger partial charge in [0.15, 0.2) is 5.78 Å². The number of hydrogen-bond acceptors (Lipinski definition) is 5. The molecule has 1 aliphatic carbocycles. The molecule has 0 aromatic heterocycles. The van der Waals surface area contributed by atoms with Gasteiger partial charge in [0.05, 0.1) is 5.92 Å². The number of ether oxygens (including phenoxy) is 1. The van der Waals surface area contributed by atoms with Crippen molar-refractivity contribution in [1.82, 2.24) is 0 Å². The van der Waals surface area contributed by atoms with E-state index in [2.05, 4.69) is 88.1 Å². The number of carbonyl (C=O) groups is 1. The number of anilines is 1. The van der Waals surface area contributed by atoms with E-state index in [1.807, 2.05) is 6.07 Å². The lowest BCUT2D eigenvalue weighted by Gasteiger charge is -2.48. The number of nitrogens with two attached hydrogens (primary N) is 1. The van der Waals surface area contributed by atoms with Crippen molar-refractivity contribution in [3.05, 3.63) is 88.0 Å². The Labute approximate surface area is 214 Å². The third kappa shape index (κ3) is 4.09. The third-order valence-corrected chi connectivity index (χ3v) is 8.00. The molecule has 3 aliphatic rings. The summed E-state index contributed by atoms with van der Waals surface area (Å²) in [6.07, 6.45) is 2.07. The Morgan fingerprint density at radius 2 is 1.83 bits per heavy atom. The molecule has 2 aliphatic heterocycles. The van der Waals surface area contributed by atoms with Gasteiger partial charge in [-0.1, -0.05) is 63.2 Å². The van der Waals surface area contributed by atoms with Crippen molar-refractivity contribution in [3.8, 4) is 6.07 Å². The Morgan fingerprint density at radius 3 is 2.53 bits per heavy atom. The van der Waals surface area contributed by atoms with Gasteiger partial charge in [0.25, 0.3) is 0 Å². The summed E-state index contributed by atoms with van der Waals surface area (Å²) in [4.78, 5) is 15.9. The zero-order chi connectivity index (χ0) is 25.8. The minimum atomic E-state index is -0.489. The Bertz CT molecular complexity index is 1330. The summed E-state index contributed by atoms with van der Waals surface area (Å²) in [6, 6.07) is 19.2. The van der Waals surface area contributed by atoms with Gasteiger partial charge in [0, 0.05) is 36.2 Å². The van der Waals surface area contributed by atoms with Gasteiger partial charge in [-0.3, -0.25) is 4.79 Å². The van der Waals surface area contributed by atoms with Crippen molar-refractivity contribution in [3.63, 3.8) is 0 Å². The highest BCUT2D eigenvalue weighted by Crippen LogP contribution is 2.50. The fraction of sp³-hybridized carbons (Fsp3) is 0.419. The molecule has 0 spiro atoms. The number of Topliss-reactive ketones (excluding diaryl/α,β-unsaturated/α-hetero) is 1. The van der Waals surface area contributed by atoms with E-state index in [9.17, 15) is 10.1 Å². The first kappa shape index (κ1) is 24.2. The fourth-order valence-electron chi connectivity index (χ4n) is 6.37. The van der Waals surface area contributed by atoms with Crippen LogP contribution in [-0.4, -0.2) is 11.3 Å². The minimum Gasteiger partial charge on any atom is -0.444 e. The van der Waals surface area contributed by atoms with Gasteiger partial charge in [0.2, 0.25) is 5.88 Å². The Morgan fingerprint density at radius 1 is 1.11 bits per heavy atom. The van der Waals surface area contributed by atoms with Gasteiger partial charge >= 0.3 is 0 Å². The molecule has 2 aromatic rings. The standard InChI is InChI=1S/C31H35N3O2/c1-19-14-31(4,5)34(18-20-9-7-6-8-10-20)24-12-11-21(13-22(19)24)27-23(17-32)29(33)36-26-16-30(2,3)15-25(35)28(26)27/h6-13,19,27H,14-16,18,33H2,1-5H3/t19-,27-/m0/s1. The number of benzene rings is 2. The van der Waals surface area contributed by atoms with Gasteiger partial charge in [0.1, 0.15) is 17.4 Å². The van der Waals surface area contributed by atoms with E-state index < -0.39 is 5.92 Å². The number of hydrogen-bond donors (Lipinski definition) is 1. The molecule has 5 rings (SSSR count). The Kier molecular flexibility index (Phi) is 5.75. The highest BCUT2D eigenvalue weighted by atomic mass is 16.5. The molecule has 0 saturated heterocycles. The lowest BCUT2D eigenvalue weighted by atomic mass is 9.69. The number of rotatable bonds is 3. The van der Waals surface area contributed by atoms with Crippen LogP contribution in [0.1, 0.15) is 82.4 Å². The van der Waals surface area contributed by atoms with Gasteiger partial charge in [-0.25, -0.2) is 0 Å². The molecule has 0 bridgehead atoms. The molecular formula is C31H35N3O2. The molecule has 0 radical (unpaired) electrons.